The number of nitrogens with one attached hydrogen (secondary N) is 1. The second-order valence-electron chi connectivity index (χ2n) is 4.94. The summed E-state index contributed by atoms with van der Waals surface area (Å²) in [6, 6.07) is 5.83. The summed E-state index contributed by atoms with van der Waals surface area (Å²) in [6.07, 6.45) is 4.05. The molecular weight excluding hydrogens is 254 g/mol. The lowest BCUT2D eigenvalue weighted by atomic mass is 10.1. The van der Waals surface area contributed by atoms with E-state index in [2.05, 4.69) is 9.97 Å². The van der Waals surface area contributed by atoms with E-state index in [1.54, 1.807) is 6.33 Å². The molecule has 20 heavy (non-hydrogen) atoms. The van der Waals surface area contributed by atoms with Crippen LogP contribution < -0.4 is 4.90 Å². The SMILES string of the molecule is Cc1cc(C)cc(N(CCCc2c[nH]cn2)C(=O)O)c1. The van der Waals surface area contributed by atoms with Crippen LogP contribution in [-0.2, 0) is 6.42 Å². The maximum Gasteiger partial charge on any atom is 0.411 e. The van der Waals surface area contributed by atoms with Crippen molar-refractivity contribution >= 4 is 11.8 Å². The van der Waals surface area contributed by atoms with Gasteiger partial charge in [0.2, 0.25) is 0 Å². The smallest absolute Gasteiger partial charge is 0.411 e. The zero-order valence-corrected chi connectivity index (χ0v) is 11.8. The molecule has 0 aliphatic carbocycles. The molecule has 2 aromatic rings. The number of amides is 1. The fourth-order valence-electron chi connectivity index (χ4n) is 2.29. The molecule has 0 atom stereocenters. The molecule has 0 radical (unpaired) electrons. The third kappa shape index (κ3) is 3.60. The number of hydrogen-bond donors (Lipinski definition) is 2. The second kappa shape index (κ2) is 6.23. The first-order valence-electron chi connectivity index (χ1n) is 6.62. The molecule has 0 aliphatic heterocycles. The fraction of sp³-hybridized carbons (Fsp3) is 0.333. The van der Waals surface area contributed by atoms with E-state index in [9.17, 15) is 9.90 Å². The second-order valence-corrected chi connectivity index (χ2v) is 4.94. The van der Waals surface area contributed by atoms with Crippen molar-refractivity contribution in [2.24, 2.45) is 0 Å². The molecule has 0 spiro atoms. The summed E-state index contributed by atoms with van der Waals surface area (Å²) in [5.74, 6) is 0. The average Bonchev–Trinajstić information content (AvgIpc) is 2.85. The van der Waals surface area contributed by atoms with E-state index in [0.29, 0.717) is 6.54 Å². The van der Waals surface area contributed by atoms with Gasteiger partial charge in [0, 0.05) is 18.4 Å². The molecule has 1 heterocycles. The highest BCUT2D eigenvalue weighted by Crippen LogP contribution is 2.19. The van der Waals surface area contributed by atoms with Crippen LogP contribution in [0, 0.1) is 13.8 Å². The summed E-state index contributed by atoms with van der Waals surface area (Å²) in [5.41, 5.74) is 3.82. The normalized spacial score (nSPS) is 10.5. The molecule has 0 aliphatic rings. The van der Waals surface area contributed by atoms with Crippen LogP contribution in [0.15, 0.2) is 30.7 Å². The van der Waals surface area contributed by atoms with E-state index in [0.717, 1.165) is 35.3 Å². The van der Waals surface area contributed by atoms with Crippen LogP contribution in [0.5, 0.6) is 0 Å². The van der Waals surface area contributed by atoms with E-state index < -0.39 is 6.09 Å². The lowest BCUT2D eigenvalue weighted by molar-refractivity contribution is 0.201. The molecule has 1 aromatic carbocycles. The number of aryl methyl sites for hydroxylation is 3. The first-order valence-corrected chi connectivity index (χ1v) is 6.62. The van der Waals surface area contributed by atoms with E-state index in [-0.39, 0.29) is 0 Å². The van der Waals surface area contributed by atoms with E-state index in [1.165, 1.54) is 4.90 Å². The number of carbonyl (C=O) groups is 1. The number of carboxylic acid groups (broad SMARTS) is 1. The molecule has 2 N–H and O–H groups in total. The number of H-pyrrole nitrogens is 1. The van der Waals surface area contributed by atoms with Gasteiger partial charge in [-0.2, -0.15) is 0 Å². The van der Waals surface area contributed by atoms with Crippen molar-refractivity contribution in [3.8, 4) is 0 Å². The van der Waals surface area contributed by atoms with Gasteiger partial charge in [0.05, 0.1) is 12.0 Å². The van der Waals surface area contributed by atoms with E-state index >= 15 is 0 Å². The number of rotatable bonds is 5. The maximum atomic E-state index is 11.4. The number of nitrogens with zero attached hydrogens (tertiary/aromatic N) is 2. The minimum Gasteiger partial charge on any atom is -0.465 e. The van der Waals surface area contributed by atoms with Crippen molar-refractivity contribution in [1.29, 1.82) is 0 Å². The topological polar surface area (TPSA) is 69.2 Å². The number of aromatic amines is 1. The van der Waals surface area contributed by atoms with Gasteiger partial charge in [-0.05, 0) is 49.9 Å². The molecule has 0 saturated heterocycles. The van der Waals surface area contributed by atoms with Crippen LogP contribution in [0.2, 0.25) is 0 Å². The monoisotopic (exact) mass is 273 g/mol. The molecule has 5 nitrogen and oxygen atoms in total. The molecule has 0 bridgehead atoms. The lowest BCUT2D eigenvalue weighted by Crippen LogP contribution is -2.30. The molecule has 0 unspecified atom stereocenters. The summed E-state index contributed by atoms with van der Waals surface area (Å²) >= 11 is 0. The van der Waals surface area contributed by atoms with Gasteiger partial charge in [-0.1, -0.05) is 6.07 Å². The van der Waals surface area contributed by atoms with Crippen LogP contribution in [0.3, 0.4) is 0 Å². The molecule has 1 amide bonds. The molecule has 0 saturated carbocycles. The zero-order chi connectivity index (χ0) is 14.5. The van der Waals surface area contributed by atoms with E-state index in [1.807, 2.05) is 38.2 Å². The number of benzene rings is 1. The highest BCUT2D eigenvalue weighted by Gasteiger charge is 2.14. The summed E-state index contributed by atoms with van der Waals surface area (Å²) in [7, 11) is 0. The summed E-state index contributed by atoms with van der Waals surface area (Å²) < 4.78 is 0. The minimum absolute atomic E-state index is 0.463. The Labute approximate surface area is 118 Å². The Morgan fingerprint density at radius 3 is 2.55 bits per heavy atom. The number of hydrogen-bond acceptors (Lipinski definition) is 2. The standard InChI is InChI=1S/C15H19N3O2/c1-11-6-12(2)8-14(7-11)18(15(19)20)5-3-4-13-9-16-10-17-13/h6-10H,3-5H2,1-2H3,(H,16,17)(H,19,20). The molecule has 106 valence electrons. The summed E-state index contributed by atoms with van der Waals surface area (Å²) in [4.78, 5) is 19.8. The Morgan fingerprint density at radius 2 is 2.00 bits per heavy atom. The lowest BCUT2D eigenvalue weighted by Gasteiger charge is -2.20. The number of anilines is 1. The zero-order valence-electron chi connectivity index (χ0n) is 11.8. The van der Waals surface area contributed by atoms with Gasteiger partial charge in [-0.3, -0.25) is 4.90 Å². The van der Waals surface area contributed by atoms with Gasteiger partial charge < -0.3 is 10.1 Å². The largest absolute Gasteiger partial charge is 0.465 e. The van der Waals surface area contributed by atoms with Gasteiger partial charge >= 0.3 is 6.09 Å². The Bertz CT molecular complexity index is 559. The highest BCUT2D eigenvalue weighted by molar-refractivity contribution is 5.86. The highest BCUT2D eigenvalue weighted by atomic mass is 16.4. The Balaban J connectivity index is 2.05. The number of aromatic nitrogens is 2. The quantitative estimate of drug-likeness (QED) is 0.879. The molecular formula is C15H19N3O2. The predicted octanol–water partition coefficient (Wildman–Crippen LogP) is 3.14. The third-order valence-corrected chi connectivity index (χ3v) is 3.12. The van der Waals surface area contributed by atoms with Crippen molar-refractivity contribution in [2.75, 3.05) is 11.4 Å². The van der Waals surface area contributed by atoms with Crippen LogP contribution >= 0.6 is 0 Å². The van der Waals surface area contributed by atoms with E-state index in [4.69, 9.17) is 0 Å². The van der Waals surface area contributed by atoms with Crippen molar-refractivity contribution in [3.63, 3.8) is 0 Å². The summed E-state index contributed by atoms with van der Waals surface area (Å²) in [6.45, 7) is 4.41. The minimum atomic E-state index is -0.919. The third-order valence-electron chi connectivity index (χ3n) is 3.12. The van der Waals surface area contributed by atoms with Gasteiger partial charge in [-0.25, -0.2) is 9.78 Å². The van der Waals surface area contributed by atoms with Gasteiger partial charge in [0.1, 0.15) is 0 Å². The summed E-state index contributed by atoms with van der Waals surface area (Å²) in [5, 5.41) is 9.37. The molecule has 5 heteroatoms. The molecule has 0 fully saturated rings. The average molecular weight is 273 g/mol. The predicted molar refractivity (Wildman–Crippen MR) is 78.2 cm³/mol. The Kier molecular flexibility index (Phi) is 4.40. The van der Waals surface area contributed by atoms with Crippen molar-refractivity contribution < 1.29 is 9.90 Å². The Morgan fingerprint density at radius 1 is 1.30 bits per heavy atom. The first kappa shape index (κ1) is 14.1. The Hall–Kier alpha value is -2.30. The van der Waals surface area contributed by atoms with Crippen molar-refractivity contribution in [3.05, 3.63) is 47.5 Å². The van der Waals surface area contributed by atoms with Gasteiger partial charge in [0.25, 0.3) is 0 Å². The number of imidazole rings is 1. The van der Waals surface area contributed by atoms with Crippen molar-refractivity contribution in [1.82, 2.24) is 9.97 Å². The van der Waals surface area contributed by atoms with Crippen LogP contribution in [-0.4, -0.2) is 27.7 Å². The van der Waals surface area contributed by atoms with Crippen LogP contribution in [0.1, 0.15) is 23.2 Å². The van der Waals surface area contributed by atoms with Crippen molar-refractivity contribution in [2.45, 2.75) is 26.7 Å². The fourth-order valence-corrected chi connectivity index (χ4v) is 2.29. The molecule has 2 rings (SSSR count). The first-order chi connectivity index (χ1) is 9.56. The van der Waals surface area contributed by atoms with Gasteiger partial charge in [-0.15, -0.1) is 0 Å². The van der Waals surface area contributed by atoms with Gasteiger partial charge in [0.15, 0.2) is 0 Å². The molecule has 1 aromatic heterocycles. The van der Waals surface area contributed by atoms with Crippen LogP contribution in [0.25, 0.3) is 0 Å². The maximum absolute atomic E-state index is 11.4. The van der Waals surface area contributed by atoms with Crippen LogP contribution in [0.4, 0.5) is 10.5 Å².